The molecule has 36 heavy (non-hydrogen) atoms. The van der Waals surface area contributed by atoms with Gasteiger partial charge in [-0.15, -0.1) is 0 Å². The van der Waals surface area contributed by atoms with Crippen molar-refractivity contribution in [2.24, 2.45) is 5.73 Å². The highest BCUT2D eigenvalue weighted by atomic mass is 32.1. The minimum Gasteiger partial charge on any atom is -0.395 e. The summed E-state index contributed by atoms with van der Waals surface area (Å²) in [6.07, 6.45) is 0. The monoisotopic (exact) mass is 510 g/mol. The number of benzene rings is 2. The molecule has 0 unspecified atom stereocenters. The number of ether oxygens (including phenoxy) is 1. The third-order valence-electron chi connectivity index (χ3n) is 5.49. The number of nitrogens with one attached hydrogen (secondary N) is 1. The Hall–Kier alpha value is -3.96. The Morgan fingerprint density at radius 3 is 2.36 bits per heavy atom. The molecule has 0 aliphatic carbocycles. The van der Waals surface area contributed by atoms with E-state index in [-0.39, 0.29) is 22.8 Å². The van der Waals surface area contributed by atoms with Crippen molar-refractivity contribution < 1.29 is 19.1 Å². The molecule has 0 fully saturated rings. The number of nitrogen functional groups attached to an aromatic ring is 1. The minimum atomic E-state index is -1.05. The van der Waals surface area contributed by atoms with Crippen LogP contribution in [0.3, 0.4) is 0 Å². The number of methoxy groups -OCH3 is 1. The summed E-state index contributed by atoms with van der Waals surface area (Å²) in [5, 5.41) is 2.84. The number of carbonyl (C=O) groups excluding carboxylic acids is 3. The number of carbonyl (C=O) groups is 3. The molecule has 5 N–H and O–H groups in total. The summed E-state index contributed by atoms with van der Waals surface area (Å²) < 4.78 is 9.04. The van der Waals surface area contributed by atoms with Gasteiger partial charge in [-0.1, -0.05) is 24.3 Å². The molecule has 0 radical (unpaired) electrons. The molecule has 1 aromatic heterocycles. The van der Waals surface area contributed by atoms with Gasteiger partial charge in [0.25, 0.3) is 11.8 Å². The molecule has 3 rings (SSSR count). The van der Waals surface area contributed by atoms with Crippen LogP contribution in [0.15, 0.2) is 48.5 Å². The maximum Gasteiger partial charge on any atom is 0.273 e. The van der Waals surface area contributed by atoms with E-state index in [1.807, 2.05) is 44.1 Å². The maximum atomic E-state index is 14.0. The first kappa shape index (κ1) is 26.6. The first-order valence-corrected chi connectivity index (χ1v) is 11.9. The zero-order valence-corrected chi connectivity index (χ0v) is 21.5. The van der Waals surface area contributed by atoms with Crippen molar-refractivity contribution in [2.75, 3.05) is 49.9 Å². The number of aryl methyl sites for hydroxylation is 1. The molecule has 0 saturated carbocycles. The van der Waals surface area contributed by atoms with Crippen LogP contribution in [0.1, 0.15) is 37.3 Å². The fraction of sp³-hybridized carbons (Fsp3) is 0.280. The summed E-state index contributed by atoms with van der Waals surface area (Å²) in [6, 6.07) is 13.5. The summed E-state index contributed by atoms with van der Waals surface area (Å²) >= 11 is 0.767. The van der Waals surface area contributed by atoms with Gasteiger partial charge in [0.05, 0.1) is 12.3 Å². The lowest BCUT2D eigenvalue weighted by atomic mass is 10.0. The largest absolute Gasteiger partial charge is 0.395 e. The van der Waals surface area contributed by atoms with Crippen molar-refractivity contribution in [2.45, 2.75) is 13.0 Å². The predicted molar refractivity (Wildman–Crippen MR) is 141 cm³/mol. The first-order valence-electron chi connectivity index (χ1n) is 11.1. The molecule has 0 spiro atoms. The summed E-state index contributed by atoms with van der Waals surface area (Å²) in [4.78, 5) is 42.6. The number of nitrogens with zero attached hydrogens (tertiary/aromatic N) is 3. The zero-order valence-electron chi connectivity index (χ0n) is 20.6. The highest BCUT2D eigenvalue weighted by molar-refractivity contribution is 7.09. The number of nitrogens with two attached hydrogens (primary N) is 2. The topological polar surface area (TPSA) is 144 Å². The average molecular weight is 511 g/mol. The second-order valence-corrected chi connectivity index (χ2v) is 9.10. The van der Waals surface area contributed by atoms with Crippen LogP contribution in [0.25, 0.3) is 0 Å². The predicted octanol–water partition coefficient (Wildman–Crippen LogP) is 2.35. The van der Waals surface area contributed by atoms with E-state index in [0.29, 0.717) is 17.9 Å². The molecular formula is C25H30N6O4S. The molecule has 3 aromatic rings. The molecule has 3 amide bonds. The van der Waals surface area contributed by atoms with E-state index in [4.69, 9.17) is 16.2 Å². The highest BCUT2D eigenvalue weighted by Gasteiger charge is 2.36. The normalized spacial score (nSPS) is 11.6. The molecule has 0 bridgehead atoms. The maximum absolute atomic E-state index is 14.0. The molecule has 1 atom stereocenters. The number of primary amides is 1. The van der Waals surface area contributed by atoms with E-state index in [9.17, 15) is 14.4 Å². The smallest absolute Gasteiger partial charge is 0.273 e. The van der Waals surface area contributed by atoms with E-state index < -0.39 is 23.8 Å². The molecule has 0 saturated heterocycles. The summed E-state index contributed by atoms with van der Waals surface area (Å²) in [7, 11) is 5.36. The van der Waals surface area contributed by atoms with Gasteiger partial charge in [-0.25, -0.2) is 0 Å². The molecule has 0 aliphatic rings. The van der Waals surface area contributed by atoms with E-state index >= 15 is 0 Å². The fourth-order valence-corrected chi connectivity index (χ4v) is 4.39. The van der Waals surface area contributed by atoms with Crippen LogP contribution < -0.4 is 26.6 Å². The molecule has 190 valence electrons. The second-order valence-electron chi connectivity index (χ2n) is 8.32. The fourth-order valence-electron chi connectivity index (χ4n) is 3.65. The third kappa shape index (κ3) is 5.81. The van der Waals surface area contributed by atoms with Crippen molar-refractivity contribution >= 4 is 46.3 Å². The van der Waals surface area contributed by atoms with Gasteiger partial charge in [0.15, 0.2) is 5.69 Å². The SMILES string of the molecule is COCCNC(=O)[C@H](c1ccc(N(C)C)cc1)N(C(=O)c1snc(C(N)=O)c1N)c1cccc(C)c1. The van der Waals surface area contributed by atoms with Crippen molar-refractivity contribution in [3.8, 4) is 0 Å². The van der Waals surface area contributed by atoms with E-state index in [0.717, 1.165) is 22.8 Å². The van der Waals surface area contributed by atoms with Gasteiger partial charge in [0.2, 0.25) is 5.91 Å². The van der Waals surface area contributed by atoms with Crippen molar-refractivity contribution in [3.63, 3.8) is 0 Å². The average Bonchev–Trinajstić information content (AvgIpc) is 3.23. The van der Waals surface area contributed by atoms with Crippen LogP contribution in [0, 0.1) is 6.92 Å². The van der Waals surface area contributed by atoms with Crippen LogP contribution in [-0.4, -0.2) is 56.5 Å². The Bertz CT molecular complexity index is 1240. The first-order chi connectivity index (χ1) is 17.1. The van der Waals surface area contributed by atoms with Crippen LogP contribution >= 0.6 is 11.5 Å². The van der Waals surface area contributed by atoms with Gasteiger partial charge in [0.1, 0.15) is 10.9 Å². The van der Waals surface area contributed by atoms with E-state index in [2.05, 4.69) is 9.69 Å². The van der Waals surface area contributed by atoms with Crippen LogP contribution in [0.5, 0.6) is 0 Å². The van der Waals surface area contributed by atoms with Gasteiger partial charge < -0.3 is 26.4 Å². The number of hydrogen-bond donors (Lipinski definition) is 3. The van der Waals surface area contributed by atoms with Crippen LogP contribution in [0.2, 0.25) is 0 Å². The van der Waals surface area contributed by atoms with Crippen LogP contribution in [0.4, 0.5) is 17.1 Å². The number of aromatic nitrogens is 1. The Morgan fingerprint density at radius 1 is 1.11 bits per heavy atom. The molecule has 11 heteroatoms. The lowest BCUT2D eigenvalue weighted by molar-refractivity contribution is -0.122. The molecular weight excluding hydrogens is 480 g/mol. The van der Waals surface area contributed by atoms with Crippen molar-refractivity contribution in [1.29, 1.82) is 0 Å². The quantitative estimate of drug-likeness (QED) is 0.355. The van der Waals surface area contributed by atoms with Crippen molar-refractivity contribution in [3.05, 3.63) is 70.2 Å². The Labute approximate surface area is 214 Å². The third-order valence-corrected chi connectivity index (χ3v) is 6.34. The minimum absolute atomic E-state index is 0.0184. The summed E-state index contributed by atoms with van der Waals surface area (Å²) in [6.45, 7) is 2.45. The van der Waals surface area contributed by atoms with Gasteiger partial charge in [0, 0.05) is 39.1 Å². The zero-order chi connectivity index (χ0) is 26.4. The van der Waals surface area contributed by atoms with Gasteiger partial charge in [-0.3, -0.25) is 19.3 Å². The Kier molecular flexibility index (Phi) is 8.62. The lowest BCUT2D eigenvalue weighted by Crippen LogP contribution is -2.44. The number of rotatable bonds is 10. The van der Waals surface area contributed by atoms with E-state index in [1.165, 1.54) is 12.0 Å². The van der Waals surface area contributed by atoms with Crippen LogP contribution in [-0.2, 0) is 9.53 Å². The lowest BCUT2D eigenvalue weighted by Gasteiger charge is -2.31. The molecule has 0 aliphatic heterocycles. The number of amides is 3. The molecule has 10 nitrogen and oxygen atoms in total. The van der Waals surface area contributed by atoms with E-state index in [1.54, 1.807) is 30.3 Å². The molecule has 1 heterocycles. The number of hydrogen-bond acceptors (Lipinski definition) is 8. The standard InChI is InChI=1S/C25H30N6O4S/c1-15-6-5-7-18(14-15)31(25(34)22-19(26)20(23(27)32)29-36-22)21(24(33)28-12-13-35-4)16-8-10-17(11-9-16)30(2)3/h5-11,14,21H,12-13,26H2,1-4H3,(H2,27,32)(H,28,33)/t21-/m0/s1. The Morgan fingerprint density at radius 2 is 1.81 bits per heavy atom. The Balaban J connectivity index is 2.18. The summed E-state index contributed by atoms with van der Waals surface area (Å²) in [5.74, 6) is -1.82. The van der Waals surface area contributed by atoms with Gasteiger partial charge in [-0.2, -0.15) is 4.37 Å². The molecule has 2 aromatic carbocycles. The highest BCUT2D eigenvalue weighted by Crippen LogP contribution is 2.34. The second kappa shape index (κ2) is 11.6. The van der Waals surface area contributed by atoms with Crippen molar-refractivity contribution in [1.82, 2.24) is 9.69 Å². The van der Waals surface area contributed by atoms with Gasteiger partial charge >= 0.3 is 0 Å². The van der Waals surface area contributed by atoms with Gasteiger partial charge in [-0.05, 0) is 53.8 Å². The number of anilines is 3. The summed E-state index contributed by atoms with van der Waals surface area (Å²) in [5.41, 5.74) is 14.1.